The van der Waals surface area contributed by atoms with E-state index in [9.17, 15) is 8.78 Å². The molecule has 14 heavy (non-hydrogen) atoms. The predicted molar refractivity (Wildman–Crippen MR) is 48.7 cm³/mol. The first-order valence-corrected chi connectivity index (χ1v) is 4.38. The Kier molecular flexibility index (Phi) is 2.78. The second kappa shape index (κ2) is 3.55. The van der Waals surface area contributed by atoms with Gasteiger partial charge in [-0.15, -0.1) is 0 Å². The molecule has 0 fully saturated rings. The Bertz CT molecular complexity index is 315. The lowest BCUT2D eigenvalue weighted by Gasteiger charge is -2.09. The van der Waals surface area contributed by atoms with E-state index >= 15 is 0 Å². The molecule has 0 aliphatic carbocycles. The normalized spacial score (nSPS) is 12.2. The van der Waals surface area contributed by atoms with Crippen molar-refractivity contribution in [3.63, 3.8) is 0 Å². The first-order valence-electron chi connectivity index (χ1n) is 4.38. The lowest BCUT2D eigenvalue weighted by Crippen LogP contribution is -2.10. The van der Waals surface area contributed by atoms with Gasteiger partial charge in [0.2, 0.25) is 5.88 Å². The van der Waals surface area contributed by atoms with E-state index in [1.165, 1.54) is 17.9 Å². The van der Waals surface area contributed by atoms with Crippen LogP contribution in [0, 0.1) is 0 Å². The van der Waals surface area contributed by atoms with E-state index in [-0.39, 0.29) is 11.7 Å². The van der Waals surface area contributed by atoms with Crippen molar-refractivity contribution >= 4 is 0 Å². The number of ether oxygens (including phenoxy) is 1. The molecule has 80 valence electrons. The van der Waals surface area contributed by atoms with Gasteiger partial charge in [0.1, 0.15) is 5.69 Å². The van der Waals surface area contributed by atoms with Gasteiger partial charge in [-0.3, -0.25) is 0 Å². The third-order valence-corrected chi connectivity index (χ3v) is 1.85. The number of methoxy groups -OCH3 is 1. The van der Waals surface area contributed by atoms with E-state index in [4.69, 9.17) is 4.74 Å². The molecule has 0 amide bonds. The van der Waals surface area contributed by atoms with Crippen molar-refractivity contribution in [2.45, 2.75) is 32.7 Å². The largest absolute Gasteiger partial charge is 0.481 e. The summed E-state index contributed by atoms with van der Waals surface area (Å²) in [6.07, 6.45) is 0. The Morgan fingerprint density at radius 2 is 2.07 bits per heavy atom. The molecule has 0 spiro atoms. The topological polar surface area (TPSA) is 27.1 Å². The van der Waals surface area contributed by atoms with Gasteiger partial charge in [0.05, 0.1) is 13.2 Å². The lowest BCUT2D eigenvalue weighted by molar-refractivity contribution is 0.0120. The van der Waals surface area contributed by atoms with Crippen LogP contribution >= 0.6 is 0 Å². The van der Waals surface area contributed by atoms with Crippen LogP contribution in [0.5, 0.6) is 5.88 Å². The van der Waals surface area contributed by atoms with Crippen LogP contribution in [0.15, 0.2) is 6.07 Å². The molecule has 5 heteroatoms. The monoisotopic (exact) mass is 204 g/mol. The summed E-state index contributed by atoms with van der Waals surface area (Å²) in [6.45, 7) is 4.53. The Morgan fingerprint density at radius 3 is 2.36 bits per heavy atom. The Balaban J connectivity index is 3.13. The second-order valence-electron chi connectivity index (χ2n) is 3.50. The highest BCUT2D eigenvalue weighted by Crippen LogP contribution is 2.29. The van der Waals surface area contributed by atoms with Crippen molar-refractivity contribution in [3.8, 4) is 5.88 Å². The van der Waals surface area contributed by atoms with E-state index in [1.807, 2.05) is 13.8 Å². The summed E-state index contributed by atoms with van der Waals surface area (Å²) in [7, 11) is 1.44. The SMILES string of the molecule is COc1cc(C(C)(F)F)nn1C(C)C. The fraction of sp³-hybridized carbons (Fsp3) is 0.667. The van der Waals surface area contributed by atoms with Crippen LogP contribution in [0.25, 0.3) is 0 Å². The molecule has 0 unspecified atom stereocenters. The van der Waals surface area contributed by atoms with Crippen LogP contribution in [0.1, 0.15) is 32.5 Å². The molecule has 1 aromatic heterocycles. The third-order valence-electron chi connectivity index (χ3n) is 1.85. The molecular weight excluding hydrogens is 190 g/mol. The maximum absolute atomic E-state index is 12.9. The summed E-state index contributed by atoms with van der Waals surface area (Å²) >= 11 is 0. The Morgan fingerprint density at radius 1 is 1.50 bits per heavy atom. The molecule has 0 aliphatic heterocycles. The summed E-state index contributed by atoms with van der Waals surface area (Å²) in [5.74, 6) is -2.57. The van der Waals surface area contributed by atoms with Crippen molar-refractivity contribution in [1.82, 2.24) is 9.78 Å². The first-order chi connectivity index (χ1) is 6.36. The van der Waals surface area contributed by atoms with Crippen LogP contribution in [-0.4, -0.2) is 16.9 Å². The number of alkyl halides is 2. The summed E-state index contributed by atoms with van der Waals surface area (Å²) in [5, 5.41) is 3.79. The minimum atomic E-state index is -2.92. The maximum atomic E-state index is 12.9. The summed E-state index contributed by atoms with van der Waals surface area (Å²) < 4.78 is 32.2. The number of halogens is 2. The fourth-order valence-corrected chi connectivity index (χ4v) is 1.11. The summed E-state index contributed by atoms with van der Waals surface area (Å²) in [4.78, 5) is 0. The molecule has 0 saturated carbocycles. The van der Waals surface area contributed by atoms with Crippen LogP contribution in [0.3, 0.4) is 0 Å². The van der Waals surface area contributed by atoms with Crippen LogP contribution < -0.4 is 4.74 Å². The van der Waals surface area contributed by atoms with Gasteiger partial charge in [-0.05, 0) is 13.8 Å². The van der Waals surface area contributed by atoms with Crippen LogP contribution in [0.4, 0.5) is 8.78 Å². The van der Waals surface area contributed by atoms with Crippen LogP contribution in [0.2, 0.25) is 0 Å². The van der Waals surface area contributed by atoms with Gasteiger partial charge in [0, 0.05) is 13.0 Å². The van der Waals surface area contributed by atoms with Crippen molar-refractivity contribution < 1.29 is 13.5 Å². The van der Waals surface area contributed by atoms with Gasteiger partial charge in [-0.2, -0.15) is 13.9 Å². The molecule has 0 N–H and O–H groups in total. The zero-order chi connectivity index (χ0) is 10.9. The molecule has 1 aromatic rings. The second-order valence-corrected chi connectivity index (χ2v) is 3.50. The Labute approximate surface area is 81.7 Å². The van der Waals surface area contributed by atoms with Crippen LogP contribution in [-0.2, 0) is 5.92 Å². The van der Waals surface area contributed by atoms with Gasteiger partial charge in [0.25, 0.3) is 5.92 Å². The standard InChI is InChI=1S/C9H14F2N2O/c1-6(2)13-8(14-4)5-7(12-13)9(3,10)11/h5-6H,1-4H3. The number of rotatable bonds is 3. The highest BCUT2D eigenvalue weighted by atomic mass is 19.3. The first kappa shape index (κ1) is 10.9. The smallest absolute Gasteiger partial charge is 0.288 e. The zero-order valence-electron chi connectivity index (χ0n) is 8.71. The number of hydrogen-bond donors (Lipinski definition) is 0. The zero-order valence-corrected chi connectivity index (χ0v) is 8.71. The van der Waals surface area contributed by atoms with Gasteiger partial charge < -0.3 is 4.74 Å². The van der Waals surface area contributed by atoms with E-state index in [0.29, 0.717) is 5.88 Å². The third kappa shape index (κ3) is 2.02. The molecule has 1 rings (SSSR count). The van der Waals surface area contributed by atoms with E-state index in [1.54, 1.807) is 0 Å². The van der Waals surface area contributed by atoms with Crippen molar-refractivity contribution in [1.29, 1.82) is 0 Å². The fourth-order valence-electron chi connectivity index (χ4n) is 1.11. The van der Waals surface area contributed by atoms with Gasteiger partial charge in [-0.1, -0.05) is 0 Å². The average molecular weight is 204 g/mol. The molecule has 0 radical (unpaired) electrons. The molecule has 1 heterocycles. The lowest BCUT2D eigenvalue weighted by atomic mass is 10.3. The molecule has 0 saturated heterocycles. The number of nitrogens with zero attached hydrogens (tertiary/aromatic N) is 2. The Hall–Kier alpha value is -1.13. The molecule has 0 atom stereocenters. The van der Waals surface area contributed by atoms with Gasteiger partial charge in [-0.25, -0.2) is 4.68 Å². The van der Waals surface area contributed by atoms with Crippen molar-refractivity contribution in [3.05, 3.63) is 11.8 Å². The van der Waals surface area contributed by atoms with Gasteiger partial charge >= 0.3 is 0 Å². The van der Waals surface area contributed by atoms with Crippen molar-refractivity contribution in [2.75, 3.05) is 7.11 Å². The highest BCUT2D eigenvalue weighted by molar-refractivity contribution is 5.19. The van der Waals surface area contributed by atoms with Crippen molar-refractivity contribution in [2.24, 2.45) is 0 Å². The summed E-state index contributed by atoms with van der Waals surface area (Å²) in [5.41, 5.74) is -0.261. The molecule has 3 nitrogen and oxygen atoms in total. The molecule has 0 aliphatic rings. The minimum absolute atomic E-state index is 0.000972. The molecule has 0 bridgehead atoms. The number of hydrogen-bond acceptors (Lipinski definition) is 2. The molecular formula is C9H14F2N2O. The van der Waals surface area contributed by atoms with E-state index < -0.39 is 5.92 Å². The number of aromatic nitrogens is 2. The molecule has 0 aromatic carbocycles. The average Bonchev–Trinajstić information content (AvgIpc) is 2.45. The maximum Gasteiger partial charge on any atom is 0.288 e. The summed E-state index contributed by atoms with van der Waals surface area (Å²) in [6, 6.07) is 1.26. The van der Waals surface area contributed by atoms with Gasteiger partial charge in [0.15, 0.2) is 0 Å². The van der Waals surface area contributed by atoms with E-state index in [2.05, 4.69) is 5.10 Å². The predicted octanol–water partition coefficient (Wildman–Crippen LogP) is 2.58. The minimum Gasteiger partial charge on any atom is -0.481 e. The van der Waals surface area contributed by atoms with E-state index in [0.717, 1.165) is 6.92 Å². The highest BCUT2D eigenvalue weighted by Gasteiger charge is 2.29. The quantitative estimate of drug-likeness (QED) is 0.756.